The summed E-state index contributed by atoms with van der Waals surface area (Å²) < 4.78 is 39.2. The number of hydrogen-bond donors (Lipinski definition) is 0. The highest BCUT2D eigenvalue weighted by molar-refractivity contribution is 6.32. The van der Waals surface area contributed by atoms with Gasteiger partial charge in [0, 0.05) is 26.1 Å². The van der Waals surface area contributed by atoms with Crippen molar-refractivity contribution in [2.75, 3.05) is 14.1 Å². The molecule has 2 nitrogen and oxygen atoms in total. The minimum absolute atomic E-state index is 0.124. The van der Waals surface area contributed by atoms with Gasteiger partial charge in [0.15, 0.2) is 0 Å². The van der Waals surface area contributed by atoms with Crippen LogP contribution in [0.1, 0.15) is 5.56 Å². The van der Waals surface area contributed by atoms with Crippen LogP contribution in [-0.4, -0.2) is 39.3 Å². The lowest BCUT2D eigenvalue weighted by Gasteiger charge is -2.13. The Kier molecular flexibility index (Phi) is 5.82. The smallest absolute Gasteiger partial charge is 0.383 e. The number of halogens is 3. The Labute approximate surface area is 123 Å². The van der Waals surface area contributed by atoms with E-state index in [2.05, 4.69) is 0 Å². The van der Waals surface area contributed by atoms with Crippen LogP contribution in [0.25, 0.3) is 0 Å². The first-order valence-corrected chi connectivity index (χ1v) is 6.18. The van der Waals surface area contributed by atoms with Gasteiger partial charge in [0.25, 0.3) is 0 Å². The summed E-state index contributed by atoms with van der Waals surface area (Å²) in [5.41, 5.74) is -0.285. The minimum Gasteiger partial charge on any atom is -0.383 e. The predicted octanol–water partition coefficient (Wildman–Crippen LogP) is 2.16. The molecule has 21 heavy (non-hydrogen) atoms. The second-order valence-electron chi connectivity index (χ2n) is 4.76. The largest absolute Gasteiger partial charge is 0.416 e. The number of benzene rings is 1. The topological polar surface area (TPSA) is 20.3 Å². The van der Waals surface area contributed by atoms with Crippen molar-refractivity contribution in [3.63, 3.8) is 0 Å². The first kappa shape index (κ1) is 17.1. The van der Waals surface area contributed by atoms with Gasteiger partial charge >= 0.3 is 6.18 Å². The van der Waals surface area contributed by atoms with E-state index >= 15 is 0 Å². The van der Waals surface area contributed by atoms with E-state index in [0.717, 1.165) is 6.08 Å². The fourth-order valence-corrected chi connectivity index (χ4v) is 1.73. The van der Waals surface area contributed by atoms with Crippen LogP contribution < -0.4 is 5.46 Å². The standard InChI is InChI=1S/C15H15BF3NO/c1-20(2)7-6-14(15(17,18)19)12(10-21)8-11-4-3-5-13(16)9-11/h3-7,9-10H,8H2,1-2H3/b7-6-,14-12+. The molecule has 0 N–H and O–H groups in total. The third kappa shape index (κ3) is 5.49. The van der Waals surface area contributed by atoms with Gasteiger partial charge in [0.05, 0.1) is 5.57 Å². The Hall–Kier alpha value is -1.98. The second-order valence-corrected chi connectivity index (χ2v) is 4.76. The Bertz CT molecular complexity index is 562. The van der Waals surface area contributed by atoms with Crippen LogP contribution in [0, 0.1) is 0 Å². The molecule has 1 aromatic carbocycles. The molecule has 110 valence electrons. The minimum atomic E-state index is -4.59. The lowest BCUT2D eigenvalue weighted by Crippen LogP contribution is -2.16. The van der Waals surface area contributed by atoms with Crippen LogP contribution >= 0.6 is 0 Å². The molecule has 0 unspecified atom stereocenters. The predicted molar refractivity (Wildman–Crippen MR) is 77.5 cm³/mol. The van der Waals surface area contributed by atoms with Gasteiger partial charge in [0.2, 0.25) is 0 Å². The summed E-state index contributed by atoms with van der Waals surface area (Å²) in [5.74, 6) is 0. The molecule has 2 radical (unpaired) electrons. The first-order valence-electron chi connectivity index (χ1n) is 6.18. The van der Waals surface area contributed by atoms with Crippen LogP contribution in [0.5, 0.6) is 0 Å². The number of alkyl halides is 3. The molecule has 6 heteroatoms. The lowest BCUT2D eigenvalue weighted by atomic mass is 9.92. The van der Waals surface area contributed by atoms with Crippen molar-refractivity contribution in [3.8, 4) is 0 Å². The fourth-order valence-electron chi connectivity index (χ4n) is 1.73. The number of hydrogen-bond acceptors (Lipinski definition) is 2. The zero-order chi connectivity index (χ0) is 16.0. The summed E-state index contributed by atoms with van der Waals surface area (Å²) in [7, 11) is 8.79. The summed E-state index contributed by atoms with van der Waals surface area (Å²) in [6.07, 6.45) is -2.32. The molecule has 0 amide bonds. The third-order valence-corrected chi connectivity index (χ3v) is 2.68. The van der Waals surface area contributed by atoms with Crippen molar-refractivity contribution in [1.82, 2.24) is 4.90 Å². The molecule has 0 heterocycles. The number of rotatable bonds is 5. The Morgan fingerprint density at radius 3 is 2.48 bits per heavy atom. The summed E-state index contributed by atoms with van der Waals surface area (Å²) in [5, 5.41) is 0. The van der Waals surface area contributed by atoms with Crippen molar-refractivity contribution in [2.24, 2.45) is 0 Å². The van der Waals surface area contributed by atoms with E-state index in [9.17, 15) is 18.0 Å². The average molecular weight is 293 g/mol. The van der Waals surface area contributed by atoms with Gasteiger partial charge in [-0.15, -0.1) is 0 Å². The van der Waals surface area contributed by atoms with E-state index in [1.54, 1.807) is 38.4 Å². The van der Waals surface area contributed by atoms with Crippen LogP contribution in [0.15, 0.2) is 47.7 Å². The number of carbonyl (C=O) groups is 1. The second kappa shape index (κ2) is 7.15. The first-order chi connectivity index (χ1) is 9.74. The number of carbonyl (C=O) groups excluding carboxylic acids is 1. The SMILES string of the molecule is [B]c1cccc(C/C(C=O)=C(/C=C\N(C)C)C(F)(F)F)c1. The zero-order valence-electron chi connectivity index (χ0n) is 11.8. The maximum absolute atomic E-state index is 13.1. The Morgan fingerprint density at radius 1 is 1.33 bits per heavy atom. The average Bonchev–Trinajstić information content (AvgIpc) is 2.35. The molecule has 0 fully saturated rings. The van der Waals surface area contributed by atoms with E-state index in [-0.39, 0.29) is 18.3 Å². The molecule has 1 rings (SSSR count). The molecule has 0 spiro atoms. The van der Waals surface area contributed by atoms with Gasteiger partial charge in [-0.3, -0.25) is 4.79 Å². The Morgan fingerprint density at radius 2 is 2.00 bits per heavy atom. The lowest BCUT2D eigenvalue weighted by molar-refractivity contribution is -0.107. The van der Waals surface area contributed by atoms with Crippen molar-refractivity contribution in [1.29, 1.82) is 0 Å². The molecule has 0 saturated heterocycles. The number of nitrogens with zero attached hydrogens (tertiary/aromatic N) is 1. The van der Waals surface area contributed by atoms with Crippen molar-refractivity contribution < 1.29 is 18.0 Å². The van der Waals surface area contributed by atoms with E-state index in [0.29, 0.717) is 11.0 Å². The van der Waals surface area contributed by atoms with E-state index < -0.39 is 11.7 Å². The van der Waals surface area contributed by atoms with Gasteiger partial charge in [0.1, 0.15) is 14.1 Å². The molecule has 0 aliphatic carbocycles. The van der Waals surface area contributed by atoms with Gasteiger partial charge in [-0.05, 0) is 17.8 Å². The van der Waals surface area contributed by atoms with E-state index in [1.165, 1.54) is 11.1 Å². The molecule has 0 aliphatic rings. The van der Waals surface area contributed by atoms with Gasteiger partial charge in [-0.1, -0.05) is 29.7 Å². The van der Waals surface area contributed by atoms with Crippen LogP contribution in [0.3, 0.4) is 0 Å². The highest BCUT2D eigenvalue weighted by Gasteiger charge is 2.34. The summed E-state index contributed by atoms with van der Waals surface area (Å²) in [4.78, 5) is 12.6. The summed E-state index contributed by atoms with van der Waals surface area (Å²) >= 11 is 0. The highest BCUT2D eigenvalue weighted by Crippen LogP contribution is 2.30. The van der Waals surface area contributed by atoms with Crippen molar-refractivity contribution >= 4 is 19.6 Å². The monoisotopic (exact) mass is 293 g/mol. The molecule has 0 aromatic heterocycles. The number of aldehydes is 1. The molecular weight excluding hydrogens is 278 g/mol. The van der Waals surface area contributed by atoms with E-state index in [1.807, 2.05) is 0 Å². The molecule has 0 aliphatic heterocycles. The fraction of sp³-hybridized carbons (Fsp3) is 0.267. The molecular formula is C15H15BF3NO. The van der Waals surface area contributed by atoms with Gasteiger partial charge in [-0.2, -0.15) is 13.2 Å². The summed E-state index contributed by atoms with van der Waals surface area (Å²) in [6.45, 7) is 0. The summed E-state index contributed by atoms with van der Waals surface area (Å²) in [6, 6.07) is 6.44. The normalized spacial score (nSPS) is 13.2. The van der Waals surface area contributed by atoms with Crippen LogP contribution in [-0.2, 0) is 11.2 Å². The van der Waals surface area contributed by atoms with Gasteiger partial charge in [-0.25, -0.2) is 0 Å². The highest BCUT2D eigenvalue weighted by atomic mass is 19.4. The van der Waals surface area contributed by atoms with E-state index in [4.69, 9.17) is 7.85 Å². The van der Waals surface area contributed by atoms with Crippen LogP contribution in [0.2, 0.25) is 0 Å². The third-order valence-electron chi connectivity index (χ3n) is 2.68. The quantitative estimate of drug-likeness (QED) is 0.359. The number of allylic oxidation sites excluding steroid dienone is 3. The molecule has 0 saturated carbocycles. The van der Waals surface area contributed by atoms with Crippen LogP contribution in [0.4, 0.5) is 13.2 Å². The maximum atomic E-state index is 13.1. The molecule has 0 bridgehead atoms. The Balaban J connectivity index is 3.23. The zero-order valence-corrected chi connectivity index (χ0v) is 11.8. The molecule has 0 atom stereocenters. The van der Waals surface area contributed by atoms with Gasteiger partial charge < -0.3 is 4.90 Å². The van der Waals surface area contributed by atoms with Crippen molar-refractivity contribution in [3.05, 3.63) is 53.3 Å². The maximum Gasteiger partial charge on any atom is 0.416 e. The van der Waals surface area contributed by atoms with Crippen molar-refractivity contribution in [2.45, 2.75) is 12.6 Å². The molecule has 1 aromatic rings.